The molecule has 128 valence electrons. The molecule has 5 heteroatoms. The Kier molecular flexibility index (Phi) is 5.65. The predicted octanol–water partition coefficient (Wildman–Crippen LogP) is 3.11. The van der Waals surface area contributed by atoms with Crippen LogP contribution in [0.2, 0.25) is 0 Å². The number of carbonyl (C=O) groups is 1. The van der Waals surface area contributed by atoms with Gasteiger partial charge in [-0.05, 0) is 36.1 Å². The van der Waals surface area contributed by atoms with Gasteiger partial charge in [0.05, 0.1) is 11.6 Å². The second kappa shape index (κ2) is 8.32. The number of hydrogen-bond acceptors (Lipinski definition) is 4. The van der Waals surface area contributed by atoms with Crippen LogP contribution in [0, 0.1) is 11.3 Å². The molecule has 0 saturated heterocycles. The van der Waals surface area contributed by atoms with Gasteiger partial charge in [0.25, 0.3) is 0 Å². The first-order valence-corrected chi connectivity index (χ1v) is 8.42. The van der Waals surface area contributed by atoms with Crippen LogP contribution in [-0.4, -0.2) is 18.2 Å². The molecule has 0 heterocycles. The molecule has 1 aliphatic carbocycles. The van der Waals surface area contributed by atoms with Gasteiger partial charge >= 0.3 is 6.09 Å². The number of benzene rings is 2. The largest absolute Gasteiger partial charge is 0.445 e. The Morgan fingerprint density at radius 3 is 2.44 bits per heavy atom. The summed E-state index contributed by atoms with van der Waals surface area (Å²) in [6.07, 6.45) is 1.44. The van der Waals surface area contributed by atoms with Crippen LogP contribution in [-0.2, 0) is 17.9 Å². The standard InChI is InChI=1S/C20H21N3O2/c21-12-15-6-8-16(9-7-15)13-22-18-10-19(11-18)23-20(24)25-14-17-4-2-1-3-5-17/h1-9,18-19,22H,10-11,13-14H2,(H,23,24). The molecular weight excluding hydrogens is 314 g/mol. The fourth-order valence-electron chi connectivity index (χ4n) is 2.79. The SMILES string of the molecule is N#Cc1ccc(CNC2CC(NC(=O)OCc3ccccc3)C2)cc1. The second-order valence-electron chi connectivity index (χ2n) is 6.26. The van der Waals surface area contributed by atoms with Crippen molar-refractivity contribution in [1.29, 1.82) is 5.26 Å². The number of ether oxygens (including phenoxy) is 1. The summed E-state index contributed by atoms with van der Waals surface area (Å²) >= 11 is 0. The van der Waals surface area contributed by atoms with Crippen molar-refractivity contribution in [3.8, 4) is 6.07 Å². The summed E-state index contributed by atoms with van der Waals surface area (Å²) in [4.78, 5) is 11.8. The Balaban J connectivity index is 1.31. The van der Waals surface area contributed by atoms with E-state index < -0.39 is 0 Å². The fourth-order valence-corrected chi connectivity index (χ4v) is 2.79. The van der Waals surface area contributed by atoms with Gasteiger partial charge in [0, 0.05) is 18.6 Å². The minimum Gasteiger partial charge on any atom is -0.445 e. The molecule has 25 heavy (non-hydrogen) atoms. The van der Waals surface area contributed by atoms with E-state index in [9.17, 15) is 4.79 Å². The number of nitrogens with zero attached hydrogens (tertiary/aromatic N) is 1. The summed E-state index contributed by atoms with van der Waals surface area (Å²) in [6.45, 7) is 1.06. The lowest BCUT2D eigenvalue weighted by atomic mass is 9.87. The van der Waals surface area contributed by atoms with E-state index in [4.69, 9.17) is 10.00 Å². The summed E-state index contributed by atoms with van der Waals surface area (Å²) in [5.74, 6) is 0. The van der Waals surface area contributed by atoms with E-state index in [0.717, 1.165) is 30.5 Å². The monoisotopic (exact) mass is 335 g/mol. The van der Waals surface area contributed by atoms with Gasteiger partial charge < -0.3 is 15.4 Å². The summed E-state index contributed by atoms with van der Waals surface area (Å²) in [5.41, 5.74) is 2.80. The highest BCUT2D eigenvalue weighted by atomic mass is 16.5. The maximum Gasteiger partial charge on any atom is 0.407 e. The molecule has 2 aromatic carbocycles. The van der Waals surface area contributed by atoms with E-state index in [1.165, 1.54) is 0 Å². The zero-order valence-corrected chi connectivity index (χ0v) is 13.9. The summed E-state index contributed by atoms with van der Waals surface area (Å²) in [6, 6.07) is 19.9. The van der Waals surface area contributed by atoms with Crippen molar-refractivity contribution >= 4 is 6.09 Å². The number of hydrogen-bond donors (Lipinski definition) is 2. The van der Waals surface area contributed by atoms with Gasteiger partial charge in [0.2, 0.25) is 0 Å². The van der Waals surface area contributed by atoms with Crippen molar-refractivity contribution < 1.29 is 9.53 Å². The van der Waals surface area contributed by atoms with E-state index in [1.54, 1.807) is 0 Å². The normalized spacial score (nSPS) is 18.7. The molecule has 0 radical (unpaired) electrons. The van der Waals surface area contributed by atoms with Gasteiger partial charge in [0.15, 0.2) is 0 Å². The van der Waals surface area contributed by atoms with Gasteiger partial charge in [-0.15, -0.1) is 0 Å². The molecule has 2 N–H and O–H groups in total. The van der Waals surface area contributed by atoms with Crippen LogP contribution in [0.1, 0.15) is 29.5 Å². The van der Waals surface area contributed by atoms with Gasteiger partial charge in [-0.1, -0.05) is 42.5 Å². The minimum absolute atomic E-state index is 0.168. The van der Waals surface area contributed by atoms with Crippen molar-refractivity contribution in [1.82, 2.24) is 10.6 Å². The molecule has 0 aliphatic heterocycles. The molecule has 1 aliphatic rings. The van der Waals surface area contributed by atoms with Crippen molar-refractivity contribution in [3.05, 3.63) is 71.3 Å². The molecule has 0 bridgehead atoms. The Morgan fingerprint density at radius 2 is 1.76 bits per heavy atom. The molecule has 1 fully saturated rings. The van der Waals surface area contributed by atoms with Crippen LogP contribution in [0.5, 0.6) is 0 Å². The molecule has 5 nitrogen and oxygen atoms in total. The average molecular weight is 335 g/mol. The Hall–Kier alpha value is -2.84. The van der Waals surface area contributed by atoms with Crippen LogP contribution in [0.15, 0.2) is 54.6 Å². The second-order valence-corrected chi connectivity index (χ2v) is 6.26. The number of alkyl carbamates (subject to hydrolysis) is 1. The quantitative estimate of drug-likeness (QED) is 0.851. The van der Waals surface area contributed by atoms with Crippen molar-refractivity contribution in [2.75, 3.05) is 0 Å². The molecule has 1 amide bonds. The van der Waals surface area contributed by atoms with Crippen LogP contribution in [0.25, 0.3) is 0 Å². The van der Waals surface area contributed by atoms with E-state index in [-0.39, 0.29) is 12.1 Å². The van der Waals surface area contributed by atoms with E-state index in [1.807, 2.05) is 54.6 Å². The highest BCUT2D eigenvalue weighted by molar-refractivity contribution is 5.67. The highest BCUT2D eigenvalue weighted by Crippen LogP contribution is 2.20. The molecule has 0 atom stereocenters. The third kappa shape index (κ3) is 5.07. The highest BCUT2D eigenvalue weighted by Gasteiger charge is 2.30. The van der Waals surface area contributed by atoms with E-state index >= 15 is 0 Å². The molecule has 3 rings (SSSR count). The van der Waals surface area contributed by atoms with Crippen LogP contribution < -0.4 is 10.6 Å². The Labute approximate surface area is 147 Å². The van der Waals surface area contributed by atoms with Crippen LogP contribution in [0.4, 0.5) is 4.79 Å². The molecule has 0 unspecified atom stereocenters. The van der Waals surface area contributed by atoms with Crippen molar-refractivity contribution in [2.45, 2.75) is 38.1 Å². The lowest BCUT2D eigenvalue weighted by Crippen LogP contribution is -2.52. The average Bonchev–Trinajstić information content (AvgIpc) is 2.63. The molecule has 1 saturated carbocycles. The number of rotatable bonds is 6. The van der Waals surface area contributed by atoms with Gasteiger partial charge in [-0.25, -0.2) is 4.79 Å². The number of nitrogens with one attached hydrogen (secondary N) is 2. The third-order valence-electron chi connectivity index (χ3n) is 4.35. The first-order chi connectivity index (χ1) is 12.2. The topological polar surface area (TPSA) is 74.2 Å². The predicted molar refractivity (Wildman–Crippen MR) is 94.6 cm³/mol. The molecular formula is C20H21N3O2. The van der Waals surface area contributed by atoms with Crippen molar-refractivity contribution in [3.63, 3.8) is 0 Å². The summed E-state index contributed by atoms with van der Waals surface area (Å²) in [5, 5.41) is 15.1. The first kappa shape index (κ1) is 17.0. The Morgan fingerprint density at radius 1 is 1.04 bits per heavy atom. The van der Waals surface area contributed by atoms with Gasteiger partial charge in [-0.3, -0.25) is 0 Å². The van der Waals surface area contributed by atoms with E-state index in [2.05, 4.69) is 16.7 Å². The van der Waals surface area contributed by atoms with Crippen LogP contribution >= 0.6 is 0 Å². The maximum absolute atomic E-state index is 11.8. The number of carbonyl (C=O) groups excluding carboxylic acids is 1. The molecule has 0 aromatic heterocycles. The minimum atomic E-state index is -0.362. The third-order valence-corrected chi connectivity index (χ3v) is 4.35. The summed E-state index contributed by atoms with van der Waals surface area (Å²) in [7, 11) is 0. The zero-order valence-electron chi connectivity index (χ0n) is 13.9. The lowest BCUT2D eigenvalue weighted by Gasteiger charge is -2.36. The zero-order chi connectivity index (χ0) is 17.5. The smallest absolute Gasteiger partial charge is 0.407 e. The van der Waals surface area contributed by atoms with E-state index in [0.29, 0.717) is 18.2 Å². The summed E-state index contributed by atoms with van der Waals surface area (Å²) < 4.78 is 5.22. The molecule has 0 spiro atoms. The van der Waals surface area contributed by atoms with Gasteiger partial charge in [0.1, 0.15) is 6.61 Å². The Bertz CT molecular complexity index is 732. The lowest BCUT2D eigenvalue weighted by molar-refractivity contribution is 0.125. The number of nitriles is 1. The molecule has 2 aromatic rings. The fraction of sp³-hybridized carbons (Fsp3) is 0.300. The first-order valence-electron chi connectivity index (χ1n) is 8.42. The van der Waals surface area contributed by atoms with Crippen molar-refractivity contribution in [2.24, 2.45) is 0 Å². The number of amides is 1. The maximum atomic E-state index is 11.8. The van der Waals surface area contributed by atoms with Gasteiger partial charge in [-0.2, -0.15) is 5.26 Å². The van der Waals surface area contributed by atoms with Crippen LogP contribution in [0.3, 0.4) is 0 Å².